The highest BCUT2D eigenvalue weighted by Crippen LogP contribution is 2.35. The SMILES string of the molecule is CC(C)(C)Cc1ccnc(-n2c3ccccc3c3ccc(Oc4ccnc(-n5cnc6ccccc65)c4)cc32)c1. The van der Waals surface area contributed by atoms with Gasteiger partial charge in [0.2, 0.25) is 0 Å². The van der Waals surface area contributed by atoms with Crippen molar-refractivity contribution in [2.24, 2.45) is 5.41 Å². The Morgan fingerprint density at radius 3 is 2.25 bits per heavy atom. The highest BCUT2D eigenvalue weighted by Gasteiger charge is 2.16. The van der Waals surface area contributed by atoms with E-state index in [2.05, 4.69) is 83.8 Å². The van der Waals surface area contributed by atoms with E-state index in [-0.39, 0.29) is 5.41 Å². The van der Waals surface area contributed by atoms with Gasteiger partial charge in [-0.3, -0.25) is 9.13 Å². The molecule has 0 unspecified atom stereocenters. The summed E-state index contributed by atoms with van der Waals surface area (Å²) < 4.78 is 10.6. The van der Waals surface area contributed by atoms with Crippen LogP contribution in [0, 0.1) is 5.41 Å². The lowest BCUT2D eigenvalue weighted by Crippen LogP contribution is -2.10. The van der Waals surface area contributed by atoms with E-state index in [1.54, 1.807) is 12.5 Å². The van der Waals surface area contributed by atoms with Gasteiger partial charge in [0.05, 0.1) is 22.1 Å². The van der Waals surface area contributed by atoms with Crippen LogP contribution in [0.4, 0.5) is 0 Å². The topological polar surface area (TPSA) is 57.8 Å². The number of hydrogen-bond acceptors (Lipinski definition) is 4. The summed E-state index contributed by atoms with van der Waals surface area (Å²) in [5.74, 6) is 3.11. The van der Waals surface area contributed by atoms with Crippen molar-refractivity contribution in [2.45, 2.75) is 27.2 Å². The first-order valence-corrected chi connectivity index (χ1v) is 13.5. The Bertz CT molecular complexity index is 2010. The van der Waals surface area contributed by atoms with Gasteiger partial charge in [-0.15, -0.1) is 0 Å². The van der Waals surface area contributed by atoms with Crippen molar-refractivity contribution in [2.75, 3.05) is 0 Å². The summed E-state index contributed by atoms with van der Waals surface area (Å²) in [6.45, 7) is 6.78. The van der Waals surface area contributed by atoms with E-state index in [1.807, 2.05) is 53.2 Å². The number of benzene rings is 3. The second-order valence-corrected chi connectivity index (χ2v) is 11.3. The molecule has 0 N–H and O–H groups in total. The van der Waals surface area contributed by atoms with Crippen LogP contribution >= 0.6 is 0 Å². The summed E-state index contributed by atoms with van der Waals surface area (Å²) in [4.78, 5) is 13.9. The predicted octanol–water partition coefficient (Wildman–Crippen LogP) is 8.29. The van der Waals surface area contributed by atoms with Gasteiger partial charge in [0.25, 0.3) is 0 Å². The largest absolute Gasteiger partial charge is 0.457 e. The van der Waals surface area contributed by atoms with E-state index < -0.39 is 0 Å². The van der Waals surface area contributed by atoms with E-state index in [0.29, 0.717) is 5.75 Å². The van der Waals surface area contributed by atoms with Crippen LogP contribution in [-0.4, -0.2) is 24.1 Å². The molecule has 0 atom stereocenters. The Labute approximate surface area is 232 Å². The van der Waals surface area contributed by atoms with Crippen molar-refractivity contribution < 1.29 is 4.74 Å². The van der Waals surface area contributed by atoms with Crippen LogP contribution < -0.4 is 4.74 Å². The van der Waals surface area contributed by atoms with Gasteiger partial charge >= 0.3 is 0 Å². The van der Waals surface area contributed by atoms with Crippen molar-refractivity contribution >= 4 is 32.8 Å². The average Bonchev–Trinajstić information content (AvgIpc) is 3.52. The maximum atomic E-state index is 6.41. The van der Waals surface area contributed by atoms with Crippen molar-refractivity contribution in [3.8, 4) is 23.1 Å². The van der Waals surface area contributed by atoms with Gasteiger partial charge in [0.15, 0.2) is 0 Å². The molecule has 0 saturated heterocycles. The highest BCUT2D eigenvalue weighted by molar-refractivity contribution is 6.09. The summed E-state index contributed by atoms with van der Waals surface area (Å²) >= 11 is 0. The Hall–Kier alpha value is -4.97. The zero-order valence-electron chi connectivity index (χ0n) is 22.7. The van der Waals surface area contributed by atoms with E-state index in [4.69, 9.17) is 9.72 Å². The van der Waals surface area contributed by atoms with Gasteiger partial charge in [-0.2, -0.15) is 0 Å². The second kappa shape index (κ2) is 9.35. The Kier molecular flexibility index (Phi) is 5.63. The third-order valence-electron chi connectivity index (χ3n) is 7.07. The van der Waals surface area contributed by atoms with Crippen LogP contribution in [0.1, 0.15) is 26.3 Å². The van der Waals surface area contributed by atoms with E-state index >= 15 is 0 Å². The molecule has 7 rings (SSSR count). The fourth-order valence-electron chi connectivity index (χ4n) is 5.44. The number of fused-ring (bicyclic) bond motifs is 4. The average molecular weight is 524 g/mol. The van der Waals surface area contributed by atoms with Crippen LogP contribution in [0.2, 0.25) is 0 Å². The molecule has 4 heterocycles. The normalized spacial score (nSPS) is 12.0. The maximum absolute atomic E-state index is 6.41. The second-order valence-electron chi connectivity index (χ2n) is 11.3. The third-order valence-corrected chi connectivity index (χ3v) is 7.07. The molecular weight excluding hydrogens is 494 g/mol. The van der Waals surface area contributed by atoms with Gasteiger partial charge < -0.3 is 4.74 Å². The summed E-state index contributed by atoms with van der Waals surface area (Å²) in [5.41, 5.74) is 5.55. The molecule has 0 aliphatic heterocycles. The first-order chi connectivity index (χ1) is 19.4. The van der Waals surface area contributed by atoms with Crippen molar-refractivity contribution in [3.63, 3.8) is 0 Å². The quantitative estimate of drug-likeness (QED) is 0.228. The molecule has 40 heavy (non-hydrogen) atoms. The monoisotopic (exact) mass is 523 g/mol. The standard InChI is InChI=1S/C34H29N5O/c1-34(2,3)21-23-14-16-36-33(18-23)39-29-10-6-4-8-26(29)27-13-12-24(19-31(27)39)40-25-15-17-35-32(20-25)38-22-37-28-9-5-7-11-30(28)38/h4-20,22H,21H2,1-3H3. The fourth-order valence-corrected chi connectivity index (χ4v) is 5.44. The van der Waals surface area contributed by atoms with Gasteiger partial charge in [0.1, 0.15) is 29.5 Å². The molecule has 0 aliphatic rings. The molecule has 7 aromatic rings. The molecule has 0 amide bonds. The van der Waals surface area contributed by atoms with E-state index in [0.717, 1.165) is 51.3 Å². The molecule has 0 fully saturated rings. The number of ether oxygens (including phenoxy) is 1. The molecular formula is C34H29N5O. The summed E-state index contributed by atoms with van der Waals surface area (Å²) in [6, 6.07) is 30.9. The molecule has 0 radical (unpaired) electrons. The van der Waals surface area contributed by atoms with Crippen molar-refractivity contribution in [3.05, 3.63) is 115 Å². The predicted molar refractivity (Wildman–Crippen MR) is 161 cm³/mol. The summed E-state index contributed by atoms with van der Waals surface area (Å²) in [7, 11) is 0. The van der Waals surface area contributed by atoms with Crippen LogP contribution in [0.15, 0.2) is 110 Å². The molecule has 4 aromatic heterocycles. The number of imidazole rings is 1. The smallest absolute Gasteiger partial charge is 0.142 e. The Morgan fingerprint density at radius 1 is 0.650 bits per heavy atom. The minimum atomic E-state index is 0.187. The molecule has 3 aromatic carbocycles. The molecule has 196 valence electrons. The highest BCUT2D eigenvalue weighted by atomic mass is 16.5. The molecule has 6 nitrogen and oxygen atoms in total. The van der Waals surface area contributed by atoms with Gasteiger partial charge in [-0.05, 0) is 65.9 Å². The van der Waals surface area contributed by atoms with Crippen LogP contribution in [0.5, 0.6) is 11.5 Å². The Balaban J connectivity index is 1.31. The zero-order chi connectivity index (χ0) is 27.3. The number of pyridine rings is 2. The molecule has 0 bridgehead atoms. The van der Waals surface area contributed by atoms with Gasteiger partial charge in [-0.25, -0.2) is 15.0 Å². The lowest BCUT2D eigenvalue weighted by Gasteiger charge is -2.18. The van der Waals surface area contributed by atoms with E-state index in [1.165, 1.54) is 10.9 Å². The number of hydrogen-bond donors (Lipinski definition) is 0. The summed E-state index contributed by atoms with van der Waals surface area (Å²) in [5, 5.41) is 2.34. The van der Waals surface area contributed by atoms with E-state index in [9.17, 15) is 0 Å². The molecule has 0 aliphatic carbocycles. The van der Waals surface area contributed by atoms with Crippen LogP contribution in [0.3, 0.4) is 0 Å². The molecule has 0 saturated carbocycles. The minimum Gasteiger partial charge on any atom is -0.457 e. The lowest BCUT2D eigenvalue weighted by atomic mass is 9.88. The first-order valence-electron chi connectivity index (χ1n) is 13.5. The Morgan fingerprint density at radius 2 is 1.38 bits per heavy atom. The van der Waals surface area contributed by atoms with Crippen LogP contribution in [-0.2, 0) is 6.42 Å². The molecule has 0 spiro atoms. The fraction of sp³-hybridized carbons (Fsp3) is 0.147. The van der Waals surface area contributed by atoms with Crippen molar-refractivity contribution in [1.29, 1.82) is 0 Å². The number of aromatic nitrogens is 5. The maximum Gasteiger partial charge on any atom is 0.142 e. The number of para-hydroxylation sites is 3. The first kappa shape index (κ1) is 24.1. The van der Waals surface area contributed by atoms with Crippen molar-refractivity contribution in [1.82, 2.24) is 24.1 Å². The number of nitrogens with zero attached hydrogens (tertiary/aromatic N) is 5. The number of rotatable bonds is 5. The van der Waals surface area contributed by atoms with Crippen LogP contribution in [0.25, 0.3) is 44.5 Å². The third kappa shape index (κ3) is 4.37. The molecule has 6 heteroatoms. The minimum absolute atomic E-state index is 0.187. The van der Waals surface area contributed by atoms with Gasteiger partial charge in [0, 0.05) is 35.3 Å². The zero-order valence-corrected chi connectivity index (χ0v) is 22.7. The van der Waals surface area contributed by atoms with Gasteiger partial charge in [-0.1, -0.05) is 51.1 Å². The summed E-state index contributed by atoms with van der Waals surface area (Å²) in [6.07, 6.45) is 6.45. The lowest BCUT2D eigenvalue weighted by molar-refractivity contribution is 0.411.